The molecule has 0 bridgehead atoms. The first-order chi connectivity index (χ1) is 8.75. The van der Waals surface area contributed by atoms with Crippen molar-refractivity contribution in [2.24, 2.45) is 0 Å². The molecule has 2 rings (SSSR count). The van der Waals surface area contributed by atoms with E-state index < -0.39 is 13.8 Å². The number of phenolic OH excluding ortho intramolecular Hbond substituents is 1. The second kappa shape index (κ2) is 6.48. The van der Waals surface area contributed by atoms with Gasteiger partial charge in [-0.3, -0.25) is 0 Å². The Balaban J connectivity index is 1.82. The van der Waals surface area contributed by atoms with Crippen molar-refractivity contribution in [3.8, 4) is 5.75 Å². The Morgan fingerprint density at radius 2 is 1.61 bits per heavy atom. The van der Waals surface area contributed by atoms with Gasteiger partial charge < -0.3 is 0 Å². The van der Waals surface area contributed by atoms with E-state index in [1.165, 1.54) is 5.56 Å². The van der Waals surface area contributed by atoms with Crippen molar-refractivity contribution in [2.75, 3.05) is 0 Å². The van der Waals surface area contributed by atoms with Crippen LogP contribution >= 0.6 is 0 Å². The fourth-order valence-corrected chi connectivity index (χ4v) is 4.07. The second-order valence-electron chi connectivity index (χ2n) is 4.13. The molecule has 18 heavy (non-hydrogen) atoms. The molecule has 0 heterocycles. The molecule has 2 aromatic carbocycles. The maximum atomic E-state index is 12.1. The van der Waals surface area contributed by atoms with Gasteiger partial charge in [-0.2, -0.15) is 0 Å². The van der Waals surface area contributed by atoms with E-state index in [9.17, 15) is 8.94 Å². The molecule has 0 saturated carbocycles. The van der Waals surface area contributed by atoms with Crippen LogP contribution in [0.25, 0.3) is 0 Å². The quantitative estimate of drug-likeness (QED) is 0.862. The van der Waals surface area contributed by atoms with Crippen LogP contribution in [-0.4, -0.2) is 18.9 Å². The van der Waals surface area contributed by atoms with Gasteiger partial charge in [0.2, 0.25) is 0 Å². The molecule has 2 nitrogen and oxygen atoms in total. The van der Waals surface area contributed by atoms with Gasteiger partial charge in [-0.05, 0) is 0 Å². The molecule has 0 aliphatic rings. The van der Waals surface area contributed by atoms with E-state index in [0.717, 1.165) is 22.6 Å². The fourth-order valence-electron chi connectivity index (χ4n) is 1.76. The molecule has 0 saturated heterocycles. The van der Waals surface area contributed by atoms with Gasteiger partial charge in [0.25, 0.3) is 0 Å². The van der Waals surface area contributed by atoms with Crippen LogP contribution in [-0.2, 0) is 10.3 Å². The molecule has 1 atom stereocenters. The van der Waals surface area contributed by atoms with E-state index in [1.807, 2.05) is 42.5 Å². The average molecular weight is 307 g/mol. The SMILES string of the molecule is O=[Se](CCCc1ccc(O)cc1)c1ccccc1. The minimum atomic E-state index is -1.87. The zero-order valence-electron chi connectivity index (χ0n) is 10.1. The second-order valence-corrected chi connectivity index (χ2v) is 7.43. The molecule has 1 unspecified atom stereocenters. The third kappa shape index (κ3) is 3.79. The first-order valence-electron chi connectivity index (χ1n) is 5.97. The van der Waals surface area contributed by atoms with Crippen molar-refractivity contribution in [1.29, 1.82) is 0 Å². The van der Waals surface area contributed by atoms with Gasteiger partial charge in [-0.25, -0.2) is 0 Å². The predicted molar refractivity (Wildman–Crippen MR) is 73.8 cm³/mol. The molecule has 0 fully saturated rings. The van der Waals surface area contributed by atoms with Crippen molar-refractivity contribution >= 4 is 18.3 Å². The van der Waals surface area contributed by atoms with E-state index in [0.29, 0.717) is 0 Å². The van der Waals surface area contributed by atoms with Gasteiger partial charge in [0.15, 0.2) is 0 Å². The summed E-state index contributed by atoms with van der Waals surface area (Å²) >= 11 is -1.87. The Morgan fingerprint density at radius 3 is 2.28 bits per heavy atom. The van der Waals surface area contributed by atoms with Crippen LogP contribution in [0.3, 0.4) is 0 Å². The number of aromatic hydroxyl groups is 1. The minimum absolute atomic E-state index is 0.290. The Bertz CT molecular complexity index is 506. The number of phenols is 1. The van der Waals surface area contributed by atoms with Gasteiger partial charge in [0.05, 0.1) is 0 Å². The predicted octanol–water partition coefficient (Wildman–Crippen LogP) is 2.65. The summed E-state index contributed by atoms with van der Waals surface area (Å²) in [5, 5.41) is 9.94. The van der Waals surface area contributed by atoms with E-state index >= 15 is 0 Å². The van der Waals surface area contributed by atoms with Gasteiger partial charge in [-0.1, -0.05) is 0 Å². The number of aryl methyl sites for hydroxylation is 1. The molecule has 0 aliphatic carbocycles. The number of hydrogen-bond acceptors (Lipinski definition) is 2. The molecule has 0 amide bonds. The third-order valence-electron chi connectivity index (χ3n) is 2.74. The Labute approximate surface area is 111 Å². The van der Waals surface area contributed by atoms with Gasteiger partial charge in [-0.15, -0.1) is 0 Å². The molecule has 1 N–H and O–H groups in total. The van der Waals surface area contributed by atoms with Crippen LogP contribution < -0.4 is 4.46 Å². The Kier molecular flexibility index (Phi) is 4.68. The van der Waals surface area contributed by atoms with Crippen molar-refractivity contribution in [2.45, 2.75) is 18.2 Å². The summed E-state index contributed by atoms with van der Waals surface area (Å²) in [5.74, 6) is 0.290. The normalized spacial score (nSPS) is 12.2. The van der Waals surface area contributed by atoms with E-state index in [4.69, 9.17) is 0 Å². The number of rotatable bonds is 5. The summed E-state index contributed by atoms with van der Waals surface area (Å²) in [4.78, 5) is 0. The molecule has 94 valence electrons. The first kappa shape index (κ1) is 13.0. The summed E-state index contributed by atoms with van der Waals surface area (Å²) in [6.07, 6.45) is 1.84. The molecule has 3 heteroatoms. The van der Waals surface area contributed by atoms with Crippen molar-refractivity contribution in [3.05, 3.63) is 60.2 Å². The summed E-state index contributed by atoms with van der Waals surface area (Å²) in [5.41, 5.74) is 1.18. The maximum absolute atomic E-state index is 12.1. The Hall–Kier alpha value is -1.44. The number of benzene rings is 2. The monoisotopic (exact) mass is 308 g/mol. The molecular weight excluding hydrogens is 291 g/mol. The molecular formula is C15H16O2Se. The van der Waals surface area contributed by atoms with Gasteiger partial charge in [0, 0.05) is 0 Å². The van der Waals surface area contributed by atoms with Crippen LogP contribution in [0, 0.1) is 0 Å². The van der Waals surface area contributed by atoms with E-state index in [2.05, 4.69) is 0 Å². The number of hydrogen-bond donors (Lipinski definition) is 1. The topological polar surface area (TPSA) is 37.3 Å². The van der Waals surface area contributed by atoms with E-state index in [1.54, 1.807) is 12.1 Å². The van der Waals surface area contributed by atoms with Crippen molar-refractivity contribution in [1.82, 2.24) is 0 Å². The molecule has 2 aromatic rings. The van der Waals surface area contributed by atoms with Crippen LogP contribution in [0.4, 0.5) is 0 Å². The summed E-state index contributed by atoms with van der Waals surface area (Å²) in [6.45, 7) is 0. The fraction of sp³-hybridized carbons (Fsp3) is 0.200. The third-order valence-corrected chi connectivity index (χ3v) is 5.80. The molecule has 0 aliphatic heterocycles. The first-order valence-corrected chi connectivity index (χ1v) is 8.74. The zero-order chi connectivity index (χ0) is 12.8. The zero-order valence-corrected chi connectivity index (χ0v) is 11.8. The van der Waals surface area contributed by atoms with E-state index in [-0.39, 0.29) is 5.75 Å². The van der Waals surface area contributed by atoms with Crippen molar-refractivity contribution in [3.63, 3.8) is 0 Å². The van der Waals surface area contributed by atoms with Crippen LogP contribution in [0.2, 0.25) is 5.32 Å². The van der Waals surface area contributed by atoms with Crippen LogP contribution in [0.1, 0.15) is 12.0 Å². The van der Waals surface area contributed by atoms with Crippen LogP contribution in [0.5, 0.6) is 5.75 Å². The molecule has 0 aromatic heterocycles. The van der Waals surface area contributed by atoms with Crippen molar-refractivity contribution < 1.29 is 8.94 Å². The average Bonchev–Trinajstić information content (AvgIpc) is 2.42. The van der Waals surface area contributed by atoms with Gasteiger partial charge >= 0.3 is 111 Å². The molecule has 0 spiro atoms. The standard InChI is InChI=1S/C15H16O2Se/c16-14-10-8-13(9-11-14)5-4-12-18(17)15-6-2-1-3-7-15/h1-3,6-11,16H,4-5,12H2. The molecule has 0 radical (unpaired) electrons. The van der Waals surface area contributed by atoms with Crippen LogP contribution in [0.15, 0.2) is 54.6 Å². The summed E-state index contributed by atoms with van der Waals surface area (Å²) in [6, 6.07) is 16.9. The Morgan fingerprint density at radius 1 is 0.944 bits per heavy atom. The summed E-state index contributed by atoms with van der Waals surface area (Å²) < 4.78 is 13.0. The summed E-state index contributed by atoms with van der Waals surface area (Å²) in [7, 11) is 0. The van der Waals surface area contributed by atoms with Gasteiger partial charge in [0.1, 0.15) is 0 Å².